The summed E-state index contributed by atoms with van der Waals surface area (Å²) in [5.74, 6) is 0.947. The molecule has 140 valence electrons. The van der Waals surface area contributed by atoms with Crippen LogP contribution in [0.1, 0.15) is 13.8 Å². The second-order valence-corrected chi connectivity index (χ2v) is 12.3. The predicted octanol–water partition coefficient (Wildman–Crippen LogP) is 3.12. The minimum Gasteiger partial charge on any atom is -0.496 e. The monoisotopic (exact) mass is 390 g/mol. The number of methoxy groups -OCH3 is 1. The van der Waals surface area contributed by atoms with E-state index in [0.717, 1.165) is 18.1 Å². The van der Waals surface area contributed by atoms with Crippen LogP contribution in [-0.2, 0) is 0 Å². The summed E-state index contributed by atoms with van der Waals surface area (Å²) in [6, 6.07) is 19.0. The Balaban J connectivity index is 1.86. The van der Waals surface area contributed by atoms with Crippen LogP contribution < -0.4 is 15.3 Å². The highest BCUT2D eigenvalue weighted by atomic mass is 31.1. The van der Waals surface area contributed by atoms with Gasteiger partial charge in [-0.25, -0.2) is 0 Å². The smallest absolute Gasteiger partial charge is 0.126 e. The van der Waals surface area contributed by atoms with E-state index in [-0.39, 0.29) is 11.3 Å². The molecule has 0 bridgehead atoms. The maximum Gasteiger partial charge on any atom is 0.126 e. The number of ether oxygens (including phenoxy) is 1. The van der Waals surface area contributed by atoms with E-state index < -0.39 is 28.1 Å². The van der Waals surface area contributed by atoms with Gasteiger partial charge in [-0.1, -0.05) is 70.3 Å². The Morgan fingerprint density at radius 2 is 1.50 bits per heavy atom. The number of para-hydroxylation sites is 1. The molecule has 1 aliphatic rings. The van der Waals surface area contributed by atoms with Crippen molar-refractivity contribution < 1.29 is 14.9 Å². The summed E-state index contributed by atoms with van der Waals surface area (Å²) in [5.41, 5.74) is 0.389. The molecule has 2 N–H and O–H groups in total. The zero-order chi connectivity index (χ0) is 18.7. The zero-order valence-electron chi connectivity index (χ0n) is 15.6. The van der Waals surface area contributed by atoms with Crippen LogP contribution in [-0.4, -0.2) is 53.2 Å². The van der Waals surface area contributed by atoms with Gasteiger partial charge in [0.05, 0.1) is 19.3 Å². The van der Waals surface area contributed by atoms with E-state index in [9.17, 15) is 10.2 Å². The Morgan fingerprint density at radius 3 is 2.12 bits per heavy atom. The first-order valence-corrected chi connectivity index (χ1v) is 12.3. The van der Waals surface area contributed by atoms with E-state index in [1.165, 1.54) is 10.6 Å². The molecule has 2 aromatic rings. The van der Waals surface area contributed by atoms with Crippen LogP contribution in [0.3, 0.4) is 0 Å². The van der Waals surface area contributed by atoms with Gasteiger partial charge in [-0.05, 0) is 31.6 Å². The molecular formula is C21H28O3P2. The zero-order valence-corrected chi connectivity index (χ0v) is 17.4. The van der Waals surface area contributed by atoms with Crippen molar-refractivity contribution in [3.8, 4) is 5.75 Å². The summed E-state index contributed by atoms with van der Waals surface area (Å²) in [4.78, 5) is 0. The number of aliphatic hydroxyl groups is 2. The number of hydrogen-bond acceptors (Lipinski definition) is 3. The Morgan fingerprint density at radius 1 is 0.923 bits per heavy atom. The fraction of sp³-hybridized carbons (Fsp3) is 0.429. The first-order valence-electron chi connectivity index (χ1n) is 9.12. The van der Waals surface area contributed by atoms with E-state index >= 15 is 0 Å². The molecule has 0 saturated carbocycles. The molecule has 1 heterocycles. The number of hydrogen-bond donors (Lipinski definition) is 2. The Hall–Kier alpha value is -0.980. The fourth-order valence-corrected chi connectivity index (χ4v) is 10.2. The van der Waals surface area contributed by atoms with Crippen LogP contribution in [0.25, 0.3) is 0 Å². The first kappa shape index (κ1) is 19.8. The third-order valence-corrected chi connectivity index (χ3v) is 11.7. The minimum absolute atomic E-state index is 0.195. The molecular weight excluding hydrogens is 362 g/mol. The van der Waals surface area contributed by atoms with Gasteiger partial charge in [0.25, 0.3) is 0 Å². The fourth-order valence-electron chi connectivity index (χ4n) is 3.81. The van der Waals surface area contributed by atoms with E-state index in [1.54, 1.807) is 7.11 Å². The van der Waals surface area contributed by atoms with Crippen LogP contribution in [0, 0.1) is 0 Å². The van der Waals surface area contributed by atoms with Crippen molar-refractivity contribution in [1.82, 2.24) is 0 Å². The molecule has 3 nitrogen and oxygen atoms in total. The highest BCUT2D eigenvalue weighted by Gasteiger charge is 2.44. The number of aliphatic hydroxyl groups excluding tert-OH is 2. The lowest BCUT2D eigenvalue weighted by Gasteiger charge is -2.26. The number of rotatable bonds is 6. The van der Waals surface area contributed by atoms with E-state index in [1.807, 2.05) is 12.1 Å². The molecule has 3 rings (SSSR count). The van der Waals surface area contributed by atoms with Crippen molar-refractivity contribution in [2.75, 3.05) is 19.4 Å². The molecule has 1 fully saturated rings. The Kier molecular flexibility index (Phi) is 6.70. The first-order chi connectivity index (χ1) is 12.5. The summed E-state index contributed by atoms with van der Waals surface area (Å²) in [5, 5.41) is 23.1. The van der Waals surface area contributed by atoms with Gasteiger partial charge >= 0.3 is 0 Å². The van der Waals surface area contributed by atoms with Gasteiger partial charge in [0.1, 0.15) is 5.75 Å². The van der Waals surface area contributed by atoms with Crippen LogP contribution in [0.15, 0.2) is 54.6 Å². The molecule has 26 heavy (non-hydrogen) atoms. The van der Waals surface area contributed by atoms with E-state index in [2.05, 4.69) is 56.3 Å². The molecule has 0 spiro atoms. The Bertz CT molecular complexity index is 695. The van der Waals surface area contributed by atoms with E-state index in [4.69, 9.17) is 4.74 Å². The highest BCUT2D eigenvalue weighted by Crippen LogP contribution is 2.56. The number of benzene rings is 2. The molecule has 5 atom stereocenters. The summed E-state index contributed by atoms with van der Waals surface area (Å²) >= 11 is 0. The summed E-state index contributed by atoms with van der Waals surface area (Å²) < 4.78 is 5.64. The second kappa shape index (κ2) is 8.81. The molecule has 0 radical (unpaired) electrons. The average molecular weight is 390 g/mol. The van der Waals surface area contributed by atoms with Crippen molar-refractivity contribution in [2.24, 2.45) is 0 Å². The lowest BCUT2D eigenvalue weighted by molar-refractivity contribution is 0.0327. The van der Waals surface area contributed by atoms with Crippen molar-refractivity contribution in [2.45, 2.75) is 37.4 Å². The minimum atomic E-state index is -0.578. The van der Waals surface area contributed by atoms with Crippen LogP contribution in [0.5, 0.6) is 5.75 Å². The molecule has 5 heteroatoms. The molecule has 2 aromatic carbocycles. The van der Waals surface area contributed by atoms with Crippen molar-refractivity contribution in [1.29, 1.82) is 0 Å². The van der Waals surface area contributed by atoms with E-state index in [0.29, 0.717) is 0 Å². The van der Waals surface area contributed by atoms with Crippen LogP contribution in [0.4, 0.5) is 0 Å². The van der Waals surface area contributed by atoms with Crippen molar-refractivity contribution >= 4 is 26.5 Å². The average Bonchev–Trinajstić information content (AvgIpc) is 2.87. The molecule has 0 aromatic heterocycles. The highest BCUT2D eigenvalue weighted by molar-refractivity contribution is 7.74. The van der Waals surface area contributed by atoms with Gasteiger partial charge in [-0.2, -0.15) is 0 Å². The largest absolute Gasteiger partial charge is 0.496 e. The van der Waals surface area contributed by atoms with Gasteiger partial charge < -0.3 is 14.9 Å². The second-order valence-electron chi connectivity index (χ2n) is 6.86. The lowest BCUT2D eigenvalue weighted by atomic mass is 10.1. The van der Waals surface area contributed by atoms with Crippen LogP contribution in [0.2, 0.25) is 0 Å². The summed E-state index contributed by atoms with van der Waals surface area (Å²) in [6.07, 6.45) is 0.958. The molecule has 0 unspecified atom stereocenters. The van der Waals surface area contributed by atoms with Gasteiger partial charge in [0, 0.05) is 16.6 Å². The third-order valence-electron chi connectivity index (χ3n) is 5.41. The molecule has 1 aliphatic heterocycles. The summed E-state index contributed by atoms with van der Waals surface area (Å²) in [7, 11) is 0.801. The van der Waals surface area contributed by atoms with Gasteiger partial charge in [0.2, 0.25) is 0 Å². The topological polar surface area (TPSA) is 49.7 Å². The van der Waals surface area contributed by atoms with Gasteiger partial charge in [-0.15, -0.1) is 0 Å². The Labute approximate surface area is 158 Å². The van der Waals surface area contributed by atoms with Gasteiger partial charge in [-0.3, -0.25) is 0 Å². The molecule has 0 aliphatic carbocycles. The lowest BCUT2D eigenvalue weighted by Crippen LogP contribution is -2.30. The SMILES string of the molecule is COc1ccccc1[P@](CCP1[C@@H](C)[C@@H](O)[C@H](O)[C@@H]1C)c1ccccc1. The normalized spacial score (nSPS) is 29.5. The quantitative estimate of drug-likeness (QED) is 0.746. The predicted molar refractivity (Wildman–Crippen MR) is 113 cm³/mol. The standard InChI is InChI=1S/C21H28O3P2/c1-15-20(22)21(23)16(2)25(15)13-14-26(17-9-5-4-6-10-17)19-12-8-7-11-18(19)24-3/h4-12,15-16,20-23H,13-14H2,1-3H3/t15-,16-,20+,21+,26+/m0/s1. The maximum absolute atomic E-state index is 10.2. The van der Waals surface area contributed by atoms with Crippen molar-refractivity contribution in [3.63, 3.8) is 0 Å². The van der Waals surface area contributed by atoms with Gasteiger partial charge in [0.15, 0.2) is 0 Å². The molecule has 1 saturated heterocycles. The van der Waals surface area contributed by atoms with Crippen molar-refractivity contribution in [3.05, 3.63) is 54.6 Å². The summed E-state index contributed by atoms with van der Waals surface area (Å²) in [6.45, 7) is 4.19. The maximum atomic E-state index is 10.2. The van der Waals surface area contributed by atoms with Crippen LogP contribution >= 0.6 is 15.8 Å². The molecule has 0 amide bonds. The third kappa shape index (κ3) is 3.97.